The molecule has 0 unspecified atom stereocenters. The van der Waals surface area contributed by atoms with Crippen molar-refractivity contribution >= 4 is 11.8 Å². The van der Waals surface area contributed by atoms with E-state index in [1.807, 2.05) is 4.90 Å². The fourth-order valence-electron chi connectivity index (χ4n) is 6.32. The molecule has 0 aromatic heterocycles. The number of halogens is 3. The van der Waals surface area contributed by atoms with Crippen molar-refractivity contribution in [2.75, 3.05) is 59.1 Å². The molecule has 3 fully saturated rings. The summed E-state index contributed by atoms with van der Waals surface area (Å²) in [5.74, 6) is 0.0260. The first kappa shape index (κ1) is 27.2. The topological polar surface area (TPSA) is 83.1 Å². The number of hydrogen-bond acceptors (Lipinski definition) is 6. The third-order valence-corrected chi connectivity index (χ3v) is 8.53. The molecule has 4 heterocycles. The van der Waals surface area contributed by atoms with Gasteiger partial charge in [-0.05, 0) is 68.8 Å². The number of hydrogen-bond donors (Lipinski definition) is 2. The number of benzene rings is 1. The lowest BCUT2D eigenvalue weighted by Crippen LogP contribution is -2.60. The third-order valence-electron chi connectivity index (χ3n) is 8.53. The van der Waals surface area contributed by atoms with E-state index in [-0.39, 0.29) is 41.7 Å². The van der Waals surface area contributed by atoms with Crippen molar-refractivity contribution in [3.05, 3.63) is 29.3 Å². The Bertz CT molecular complexity index is 1000. The van der Waals surface area contributed by atoms with Crippen LogP contribution in [0.5, 0.6) is 5.75 Å². The Hall–Kier alpha value is -2.37. The maximum absolute atomic E-state index is 13.6. The van der Waals surface area contributed by atoms with Gasteiger partial charge >= 0.3 is 6.18 Å². The van der Waals surface area contributed by atoms with Crippen molar-refractivity contribution in [2.45, 2.75) is 50.4 Å². The molecule has 0 spiro atoms. The van der Waals surface area contributed by atoms with E-state index in [4.69, 9.17) is 9.47 Å². The van der Waals surface area contributed by atoms with Crippen molar-refractivity contribution in [1.29, 1.82) is 0 Å². The number of carbonyl (C=O) groups excluding carboxylic acids is 2. The second kappa shape index (κ2) is 11.8. The van der Waals surface area contributed by atoms with Crippen LogP contribution < -0.4 is 15.4 Å². The summed E-state index contributed by atoms with van der Waals surface area (Å²) in [4.78, 5) is 31.0. The van der Waals surface area contributed by atoms with Gasteiger partial charge in [0.1, 0.15) is 12.4 Å². The summed E-state index contributed by atoms with van der Waals surface area (Å²) in [5.41, 5.74) is -1.03. The smallest absolute Gasteiger partial charge is 0.416 e. The first-order chi connectivity index (χ1) is 18.3. The zero-order valence-corrected chi connectivity index (χ0v) is 21.6. The minimum atomic E-state index is -4.58. The number of rotatable bonds is 1. The summed E-state index contributed by atoms with van der Waals surface area (Å²) in [5, 5.41) is 6.18. The zero-order chi connectivity index (χ0) is 26.7. The number of ether oxygens (including phenoxy) is 2. The number of piperazine rings is 1. The van der Waals surface area contributed by atoms with Crippen LogP contribution in [0.1, 0.15) is 48.0 Å². The molecular formula is C27H37F3N4O4. The predicted molar refractivity (Wildman–Crippen MR) is 134 cm³/mol. The Labute approximate surface area is 221 Å². The number of fused-ring (bicyclic) bond motifs is 3. The molecule has 1 aromatic rings. The van der Waals surface area contributed by atoms with Crippen molar-refractivity contribution in [3.8, 4) is 5.75 Å². The van der Waals surface area contributed by atoms with E-state index in [0.717, 1.165) is 51.0 Å². The molecule has 38 heavy (non-hydrogen) atoms. The standard InChI is InChI=1S/C27H37F3N4O4/c28-27(29,30)20-1-2-24-23(14-20)26(36)32-8-4-19-15-31-7-3-18(19)13-25(35)34-10-9-33(16-22(34)17-38-24)21-5-11-37-12-6-21/h1-2,14,18-19,21-22,31H,3-13,15-17H2,(H,32,36)/t18-,19-,22-/m0/s1. The highest BCUT2D eigenvalue weighted by atomic mass is 19.4. The van der Waals surface area contributed by atoms with Gasteiger partial charge in [-0.3, -0.25) is 14.5 Å². The predicted octanol–water partition coefficient (Wildman–Crippen LogP) is 2.53. The summed E-state index contributed by atoms with van der Waals surface area (Å²) in [6.07, 6.45) is -0.729. The third kappa shape index (κ3) is 6.26. The van der Waals surface area contributed by atoms with E-state index >= 15 is 0 Å². The maximum Gasteiger partial charge on any atom is 0.416 e. The molecule has 4 aliphatic rings. The van der Waals surface area contributed by atoms with Gasteiger partial charge in [-0.2, -0.15) is 13.2 Å². The van der Waals surface area contributed by atoms with Crippen molar-refractivity contribution < 1.29 is 32.2 Å². The van der Waals surface area contributed by atoms with Gasteiger partial charge in [0.05, 0.1) is 17.2 Å². The molecule has 0 bridgehead atoms. The summed E-state index contributed by atoms with van der Waals surface area (Å²) in [6.45, 7) is 5.43. The monoisotopic (exact) mass is 538 g/mol. The van der Waals surface area contributed by atoms with Crippen molar-refractivity contribution in [3.63, 3.8) is 0 Å². The number of alkyl halides is 3. The first-order valence-corrected chi connectivity index (χ1v) is 13.7. The Morgan fingerprint density at radius 2 is 1.74 bits per heavy atom. The van der Waals surface area contributed by atoms with E-state index in [2.05, 4.69) is 15.5 Å². The molecular weight excluding hydrogens is 501 g/mol. The van der Waals surface area contributed by atoms with Crippen LogP contribution >= 0.6 is 0 Å². The minimum Gasteiger partial charge on any atom is -0.491 e. The van der Waals surface area contributed by atoms with Crippen molar-refractivity contribution in [1.82, 2.24) is 20.4 Å². The number of piperidine rings is 1. The fraction of sp³-hybridized carbons (Fsp3) is 0.704. The van der Waals surface area contributed by atoms with E-state index < -0.39 is 17.6 Å². The molecule has 3 atom stereocenters. The van der Waals surface area contributed by atoms with Crippen LogP contribution in [0.2, 0.25) is 0 Å². The highest BCUT2D eigenvalue weighted by molar-refractivity contribution is 5.97. The van der Waals surface area contributed by atoms with Crippen LogP contribution in [0.25, 0.3) is 0 Å². The molecule has 210 valence electrons. The van der Waals surface area contributed by atoms with Gasteiger partial charge in [0.25, 0.3) is 5.91 Å². The quantitative estimate of drug-likeness (QED) is 0.572. The maximum atomic E-state index is 13.6. The van der Waals surface area contributed by atoms with Crippen LogP contribution in [-0.4, -0.2) is 92.8 Å². The normalized spacial score (nSPS) is 28.8. The van der Waals surface area contributed by atoms with Gasteiger partial charge in [-0.15, -0.1) is 0 Å². The first-order valence-electron chi connectivity index (χ1n) is 13.7. The van der Waals surface area contributed by atoms with E-state index in [1.165, 1.54) is 6.07 Å². The van der Waals surface area contributed by atoms with Crippen LogP contribution in [0, 0.1) is 11.8 Å². The second-order valence-electron chi connectivity index (χ2n) is 10.9. The Morgan fingerprint density at radius 1 is 0.947 bits per heavy atom. The summed E-state index contributed by atoms with van der Waals surface area (Å²) >= 11 is 0. The van der Waals surface area contributed by atoms with E-state index in [9.17, 15) is 22.8 Å². The lowest BCUT2D eigenvalue weighted by molar-refractivity contribution is -0.140. The number of nitrogens with zero attached hydrogens (tertiary/aromatic N) is 2. The summed E-state index contributed by atoms with van der Waals surface area (Å²) in [7, 11) is 0. The molecule has 2 amide bonds. The Kier molecular flexibility index (Phi) is 8.44. The molecule has 5 rings (SSSR count). The fourth-order valence-corrected chi connectivity index (χ4v) is 6.32. The number of nitrogens with one attached hydrogen (secondary N) is 2. The van der Waals surface area contributed by atoms with Crippen LogP contribution in [0.15, 0.2) is 18.2 Å². The van der Waals surface area contributed by atoms with E-state index in [1.54, 1.807) is 0 Å². The largest absolute Gasteiger partial charge is 0.491 e. The Balaban J connectivity index is 1.43. The average molecular weight is 539 g/mol. The van der Waals surface area contributed by atoms with Gasteiger partial charge < -0.3 is 25.0 Å². The lowest BCUT2D eigenvalue weighted by Gasteiger charge is -2.46. The average Bonchev–Trinajstić information content (AvgIpc) is 2.92. The van der Waals surface area contributed by atoms with Crippen LogP contribution in [-0.2, 0) is 15.7 Å². The van der Waals surface area contributed by atoms with Gasteiger partial charge in [0.2, 0.25) is 5.91 Å². The van der Waals surface area contributed by atoms with Crippen LogP contribution in [0.3, 0.4) is 0 Å². The molecule has 0 saturated carbocycles. The Morgan fingerprint density at radius 3 is 2.53 bits per heavy atom. The molecule has 0 radical (unpaired) electrons. The van der Waals surface area contributed by atoms with Gasteiger partial charge in [-0.25, -0.2) is 0 Å². The molecule has 1 aromatic carbocycles. The highest BCUT2D eigenvalue weighted by Crippen LogP contribution is 2.34. The second-order valence-corrected chi connectivity index (χ2v) is 10.9. The van der Waals surface area contributed by atoms with Crippen molar-refractivity contribution in [2.24, 2.45) is 11.8 Å². The lowest BCUT2D eigenvalue weighted by atomic mass is 9.81. The van der Waals surface area contributed by atoms with E-state index in [0.29, 0.717) is 51.7 Å². The number of amides is 2. The number of carbonyl (C=O) groups is 2. The van der Waals surface area contributed by atoms with Gasteiger partial charge in [0.15, 0.2) is 0 Å². The van der Waals surface area contributed by atoms with Gasteiger partial charge in [-0.1, -0.05) is 0 Å². The highest BCUT2D eigenvalue weighted by Gasteiger charge is 2.37. The van der Waals surface area contributed by atoms with Gasteiger partial charge in [0, 0.05) is 51.9 Å². The molecule has 0 aliphatic carbocycles. The molecule has 3 saturated heterocycles. The molecule has 4 aliphatic heterocycles. The molecule has 2 N–H and O–H groups in total. The minimum absolute atomic E-state index is 0.0976. The zero-order valence-electron chi connectivity index (χ0n) is 21.6. The summed E-state index contributed by atoms with van der Waals surface area (Å²) < 4.78 is 52.0. The molecule has 8 nitrogen and oxygen atoms in total. The summed E-state index contributed by atoms with van der Waals surface area (Å²) in [6, 6.07) is 3.12. The van der Waals surface area contributed by atoms with Crippen LogP contribution in [0.4, 0.5) is 13.2 Å². The SMILES string of the molecule is O=C1NCC[C@H]2CNCC[C@H]2CC(=O)N2CCN(C3CCOCC3)C[C@H]2COc2ccc(C(F)(F)F)cc21. The molecule has 11 heteroatoms.